The Balaban J connectivity index is 1.91. The molecular formula is C17H16ClF2N3O. The van der Waals surface area contributed by atoms with Crippen molar-refractivity contribution in [2.45, 2.75) is 18.8 Å². The number of nitrogens with one attached hydrogen (secondary N) is 2. The van der Waals surface area contributed by atoms with Gasteiger partial charge in [0.05, 0.1) is 0 Å². The van der Waals surface area contributed by atoms with Crippen molar-refractivity contribution >= 4 is 23.2 Å². The van der Waals surface area contributed by atoms with Crippen LogP contribution in [0, 0.1) is 11.6 Å². The summed E-state index contributed by atoms with van der Waals surface area (Å²) in [7, 11) is 0. The van der Waals surface area contributed by atoms with E-state index in [1.807, 2.05) is 0 Å². The number of carbonyl (C=O) groups excluding carboxylic acids is 1. The summed E-state index contributed by atoms with van der Waals surface area (Å²) in [4.78, 5) is 16.2. The van der Waals surface area contributed by atoms with Crippen LogP contribution in [0.4, 0.5) is 14.5 Å². The van der Waals surface area contributed by atoms with Crippen LogP contribution in [0.25, 0.3) is 0 Å². The van der Waals surface area contributed by atoms with Crippen LogP contribution in [0.5, 0.6) is 0 Å². The first-order chi connectivity index (χ1) is 11.5. The molecule has 7 heteroatoms. The topological polar surface area (TPSA) is 54.0 Å². The van der Waals surface area contributed by atoms with Crippen molar-refractivity contribution in [3.8, 4) is 0 Å². The molecule has 0 spiro atoms. The van der Waals surface area contributed by atoms with Crippen molar-refractivity contribution in [2.75, 3.05) is 18.4 Å². The van der Waals surface area contributed by atoms with Crippen LogP contribution in [0.2, 0.25) is 5.15 Å². The van der Waals surface area contributed by atoms with Crippen LogP contribution in [0.3, 0.4) is 0 Å². The lowest BCUT2D eigenvalue weighted by Crippen LogP contribution is -2.27. The van der Waals surface area contributed by atoms with Gasteiger partial charge in [0.2, 0.25) is 0 Å². The fraction of sp³-hybridized carbons (Fsp3) is 0.294. The highest BCUT2D eigenvalue weighted by molar-refractivity contribution is 6.29. The summed E-state index contributed by atoms with van der Waals surface area (Å²) >= 11 is 5.78. The number of anilines is 1. The van der Waals surface area contributed by atoms with Crippen molar-refractivity contribution < 1.29 is 13.6 Å². The SMILES string of the molecule is O=C(Nc1cc(F)c(F)cc1C1CCNCC1)c1ccnc(Cl)c1. The molecule has 0 atom stereocenters. The molecule has 1 aliphatic heterocycles. The van der Waals surface area contributed by atoms with E-state index in [2.05, 4.69) is 15.6 Å². The van der Waals surface area contributed by atoms with Crippen molar-refractivity contribution in [1.29, 1.82) is 0 Å². The number of benzene rings is 1. The first kappa shape index (κ1) is 16.8. The Kier molecular flexibility index (Phi) is 5.06. The Morgan fingerprint density at radius 2 is 1.92 bits per heavy atom. The van der Waals surface area contributed by atoms with Crippen LogP contribution in [0.1, 0.15) is 34.7 Å². The largest absolute Gasteiger partial charge is 0.322 e. The minimum Gasteiger partial charge on any atom is -0.322 e. The third-order valence-corrected chi connectivity index (χ3v) is 4.32. The second-order valence-corrected chi connectivity index (χ2v) is 6.09. The first-order valence-electron chi connectivity index (χ1n) is 7.67. The summed E-state index contributed by atoms with van der Waals surface area (Å²) in [6.45, 7) is 1.61. The standard InChI is InChI=1S/C17H16ClF2N3O/c18-16-7-11(3-6-22-16)17(24)23-15-9-14(20)13(19)8-12(15)10-1-4-21-5-2-10/h3,6-10,21H,1-2,4-5H2,(H,23,24). The van der Waals surface area contributed by atoms with E-state index in [9.17, 15) is 13.6 Å². The summed E-state index contributed by atoms with van der Waals surface area (Å²) in [5.41, 5.74) is 1.21. The predicted molar refractivity (Wildman–Crippen MR) is 88.4 cm³/mol. The number of amides is 1. The van der Waals surface area contributed by atoms with Gasteiger partial charge in [-0.3, -0.25) is 4.79 Å². The molecule has 1 fully saturated rings. The van der Waals surface area contributed by atoms with Gasteiger partial charge in [-0.25, -0.2) is 13.8 Å². The van der Waals surface area contributed by atoms with Gasteiger partial charge in [-0.05, 0) is 55.6 Å². The highest BCUT2D eigenvalue weighted by Crippen LogP contribution is 2.33. The van der Waals surface area contributed by atoms with E-state index >= 15 is 0 Å². The van der Waals surface area contributed by atoms with Crippen LogP contribution in [0.15, 0.2) is 30.5 Å². The first-order valence-corrected chi connectivity index (χ1v) is 8.05. The predicted octanol–water partition coefficient (Wildman–Crippen LogP) is 3.73. The molecule has 0 bridgehead atoms. The van der Waals surface area contributed by atoms with Crippen molar-refractivity contribution in [1.82, 2.24) is 10.3 Å². The average molecular weight is 352 g/mol. The van der Waals surface area contributed by atoms with Crippen LogP contribution in [-0.2, 0) is 0 Å². The molecule has 24 heavy (non-hydrogen) atoms. The molecule has 1 aromatic carbocycles. The number of halogens is 3. The van der Waals surface area contributed by atoms with Gasteiger partial charge in [0, 0.05) is 23.5 Å². The Morgan fingerprint density at radius 3 is 2.62 bits per heavy atom. The van der Waals surface area contributed by atoms with E-state index in [1.165, 1.54) is 24.4 Å². The number of hydrogen-bond donors (Lipinski definition) is 2. The van der Waals surface area contributed by atoms with Gasteiger partial charge in [-0.15, -0.1) is 0 Å². The lowest BCUT2D eigenvalue weighted by Gasteiger charge is -2.25. The normalized spacial score (nSPS) is 15.3. The maximum Gasteiger partial charge on any atom is 0.255 e. The van der Waals surface area contributed by atoms with Crippen molar-refractivity contribution in [3.05, 3.63) is 58.4 Å². The molecule has 4 nitrogen and oxygen atoms in total. The molecule has 1 aromatic heterocycles. The van der Waals surface area contributed by atoms with Crippen LogP contribution in [-0.4, -0.2) is 24.0 Å². The molecule has 0 unspecified atom stereocenters. The molecule has 1 amide bonds. The lowest BCUT2D eigenvalue weighted by atomic mass is 9.89. The molecule has 0 aliphatic carbocycles. The molecule has 3 rings (SSSR count). The second kappa shape index (κ2) is 7.23. The maximum atomic E-state index is 13.7. The smallest absolute Gasteiger partial charge is 0.255 e. The average Bonchev–Trinajstić information content (AvgIpc) is 2.58. The van der Waals surface area contributed by atoms with E-state index in [1.54, 1.807) is 0 Å². The summed E-state index contributed by atoms with van der Waals surface area (Å²) in [6, 6.07) is 5.14. The van der Waals surface area contributed by atoms with E-state index in [0.29, 0.717) is 16.8 Å². The molecule has 2 aromatic rings. The van der Waals surface area contributed by atoms with E-state index in [0.717, 1.165) is 32.0 Å². The van der Waals surface area contributed by atoms with Gasteiger partial charge in [-0.1, -0.05) is 11.6 Å². The lowest BCUT2D eigenvalue weighted by molar-refractivity contribution is 0.102. The fourth-order valence-corrected chi connectivity index (χ4v) is 3.05. The zero-order valence-corrected chi connectivity index (χ0v) is 13.5. The highest BCUT2D eigenvalue weighted by Gasteiger charge is 2.22. The number of piperidine rings is 1. The zero-order chi connectivity index (χ0) is 17.1. The van der Waals surface area contributed by atoms with Gasteiger partial charge in [-0.2, -0.15) is 0 Å². The third-order valence-electron chi connectivity index (χ3n) is 4.11. The molecule has 126 valence electrons. The van der Waals surface area contributed by atoms with E-state index in [4.69, 9.17) is 11.6 Å². The third kappa shape index (κ3) is 3.71. The minimum absolute atomic E-state index is 0.0673. The number of hydrogen-bond acceptors (Lipinski definition) is 3. The number of nitrogens with zero attached hydrogens (tertiary/aromatic N) is 1. The number of carbonyl (C=O) groups is 1. The van der Waals surface area contributed by atoms with Crippen LogP contribution >= 0.6 is 11.6 Å². The van der Waals surface area contributed by atoms with Gasteiger partial charge < -0.3 is 10.6 Å². The molecule has 2 N–H and O–H groups in total. The van der Waals surface area contributed by atoms with Gasteiger partial charge >= 0.3 is 0 Å². The summed E-state index contributed by atoms with van der Waals surface area (Å²) in [6.07, 6.45) is 3.01. The van der Waals surface area contributed by atoms with E-state index in [-0.39, 0.29) is 11.1 Å². The Morgan fingerprint density at radius 1 is 1.21 bits per heavy atom. The monoisotopic (exact) mass is 351 g/mol. The van der Waals surface area contributed by atoms with Gasteiger partial charge in [0.15, 0.2) is 11.6 Å². The summed E-state index contributed by atoms with van der Waals surface area (Å²) < 4.78 is 27.4. The minimum atomic E-state index is -0.990. The molecule has 1 saturated heterocycles. The van der Waals surface area contributed by atoms with Crippen LogP contribution < -0.4 is 10.6 Å². The number of pyridine rings is 1. The maximum absolute atomic E-state index is 13.7. The highest BCUT2D eigenvalue weighted by atomic mass is 35.5. The Labute approximate surface area is 143 Å². The number of rotatable bonds is 3. The summed E-state index contributed by atoms with van der Waals surface area (Å²) in [5.74, 6) is -2.28. The molecule has 0 saturated carbocycles. The molecule has 1 aliphatic rings. The molecular weight excluding hydrogens is 336 g/mol. The summed E-state index contributed by atoms with van der Waals surface area (Å²) in [5, 5.41) is 6.08. The molecule has 2 heterocycles. The Bertz CT molecular complexity index is 763. The molecule has 0 radical (unpaired) electrons. The fourth-order valence-electron chi connectivity index (χ4n) is 2.88. The number of aromatic nitrogens is 1. The second-order valence-electron chi connectivity index (χ2n) is 5.70. The Hall–Kier alpha value is -2.05. The van der Waals surface area contributed by atoms with Gasteiger partial charge in [0.1, 0.15) is 5.15 Å². The van der Waals surface area contributed by atoms with Crippen molar-refractivity contribution in [2.24, 2.45) is 0 Å². The quantitative estimate of drug-likeness (QED) is 0.828. The zero-order valence-electron chi connectivity index (χ0n) is 12.8. The van der Waals surface area contributed by atoms with Crippen molar-refractivity contribution in [3.63, 3.8) is 0 Å². The van der Waals surface area contributed by atoms with Gasteiger partial charge in [0.25, 0.3) is 5.91 Å². The van der Waals surface area contributed by atoms with E-state index < -0.39 is 17.5 Å².